The van der Waals surface area contributed by atoms with Crippen molar-refractivity contribution in [3.05, 3.63) is 59.1 Å². The highest BCUT2D eigenvalue weighted by Gasteiger charge is 2.03. The highest BCUT2D eigenvalue weighted by atomic mass is 127. The third-order valence-electron chi connectivity index (χ3n) is 3.84. The molecule has 152 valence electrons. The Morgan fingerprint density at radius 2 is 1.75 bits per heavy atom. The summed E-state index contributed by atoms with van der Waals surface area (Å²) in [6, 6.07) is 14.9. The molecule has 0 unspecified atom stereocenters. The summed E-state index contributed by atoms with van der Waals surface area (Å²) < 4.78 is 5.15. The van der Waals surface area contributed by atoms with Crippen molar-refractivity contribution in [2.24, 2.45) is 4.99 Å². The Bertz CT molecular complexity index is 752. The lowest BCUT2D eigenvalue weighted by Gasteiger charge is -2.12. The van der Waals surface area contributed by atoms with E-state index in [-0.39, 0.29) is 29.9 Å². The standard InChI is InChI=1S/C20H25ClN4O2.HI/c1-22-20(24-14-15-5-11-18(27-2)12-6-15)23-13-3-4-19(26)25-17-9-7-16(21)8-10-17;/h5-12H,3-4,13-14H2,1-2H3,(H,25,26)(H2,22,23,24);1H. The first-order chi connectivity index (χ1) is 13.1. The first-order valence-corrected chi connectivity index (χ1v) is 9.11. The van der Waals surface area contributed by atoms with Crippen LogP contribution in [0.5, 0.6) is 5.75 Å². The summed E-state index contributed by atoms with van der Waals surface area (Å²) in [6.07, 6.45) is 1.12. The average molecular weight is 517 g/mol. The number of carbonyl (C=O) groups is 1. The maximum absolute atomic E-state index is 11.9. The summed E-state index contributed by atoms with van der Waals surface area (Å²) in [4.78, 5) is 16.1. The lowest BCUT2D eigenvalue weighted by atomic mass is 10.2. The molecule has 6 nitrogen and oxygen atoms in total. The number of nitrogens with one attached hydrogen (secondary N) is 3. The molecule has 0 atom stereocenters. The Morgan fingerprint density at radius 1 is 1.07 bits per heavy atom. The number of guanidine groups is 1. The number of hydrogen-bond acceptors (Lipinski definition) is 3. The molecule has 2 rings (SSSR count). The molecule has 0 spiro atoms. The van der Waals surface area contributed by atoms with E-state index in [1.54, 1.807) is 38.4 Å². The predicted octanol–water partition coefficient (Wildman–Crippen LogP) is 4.05. The van der Waals surface area contributed by atoms with E-state index in [2.05, 4.69) is 20.9 Å². The Morgan fingerprint density at radius 3 is 2.36 bits per heavy atom. The fraction of sp³-hybridized carbons (Fsp3) is 0.300. The van der Waals surface area contributed by atoms with Gasteiger partial charge in [-0.2, -0.15) is 0 Å². The van der Waals surface area contributed by atoms with Crippen LogP contribution in [0.25, 0.3) is 0 Å². The number of aliphatic imine (C=N–C) groups is 1. The molecule has 0 bridgehead atoms. The highest BCUT2D eigenvalue weighted by Crippen LogP contribution is 2.13. The second-order valence-corrected chi connectivity index (χ2v) is 6.30. The van der Waals surface area contributed by atoms with Gasteiger partial charge in [0.2, 0.25) is 5.91 Å². The fourth-order valence-corrected chi connectivity index (χ4v) is 2.49. The van der Waals surface area contributed by atoms with E-state index in [4.69, 9.17) is 16.3 Å². The summed E-state index contributed by atoms with van der Waals surface area (Å²) in [5, 5.41) is 9.94. The fourth-order valence-electron chi connectivity index (χ4n) is 2.36. The number of ether oxygens (including phenoxy) is 1. The van der Waals surface area contributed by atoms with Crippen molar-refractivity contribution in [2.75, 3.05) is 26.0 Å². The Balaban J connectivity index is 0.00000392. The molecule has 0 aliphatic rings. The number of amides is 1. The van der Waals surface area contributed by atoms with Gasteiger partial charge < -0.3 is 20.7 Å². The van der Waals surface area contributed by atoms with E-state index < -0.39 is 0 Å². The highest BCUT2D eigenvalue weighted by molar-refractivity contribution is 14.0. The van der Waals surface area contributed by atoms with Crippen LogP contribution in [-0.2, 0) is 11.3 Å². The molecule has 0 radical (unpaired) electrons. The van der Waals surface area contributed by atoms with Crippen molar-refractivity contribution in [1.82, 2.24) is 10.6 Å². The lowest BCUT2D eigenvalue weighted by Crippen LogP contribution is -2.37. The van der Waals surface area contributed by atoms with Crippen LogP contribution in [0.15, 0.2) is 53.5 Å². The molecule has 1 amide bonds. The quantitative estimate of drug-likeness (QED) is 0.214. The van der Waals surface area contributed by atoms with Gasteiger partial charge in [0.1, 0.15) is 5.75 Å². The van der Waals surface area contributed by atoms with Crippen LogP contribution in [0.1, 0.15) is 18.4 Å². The van der Waals surface area contributed by atoms with Crippen molar-refractivity contribution in [3.8, 4) is 5.75 Å². The van der Waals surface area contributed by atoms with Gasteiger partial charge in [-0.25, -0.2) is 0 Å². The molecule has 0 fully saturated rings. The summed E-state index contributed by atoms with van der Waals surface area (Å²) in [5.74, 6) is 1.50. The molecule has 3 N–H and O–H groups in total. The number of carbonyl (C=O) groups excluding carboxylic acids is 1. The lowest BCUT2D eigenvalue weighted by molar-refractivity contribution is -0.116. The molecule has 0 heterocycles. The molecule has 0 saturated heterocycles. The Labute approximate surface area is 188 Å². The SMILES string of the molecule is CN=C(NCCCC(=O)Nc1ccc(Cl)cc1)NCc1ccc(OC)cc1.I. The Hall–Kier alpha value is -2.00. The van der Waals surface area contributed by atoms with Gasteiger partial charge in [0.15, 0.2) is 5.96 Å². The van der Waals surface area contributed by atoms with E-state index in [0.29, 0.717) is 36.9 Å². The number of hydrogen-bond donors (Lipinski definition) is 3. The molecule has 2 aromatic rings. The van der Waals surface area contributed by atoms with Crippen molar-refractivity contribution >= 4 is 53.1 Å². The molecular formula is C20H26ClIN4O2. The number of anilines is 1. The molecule has 0 aromatic heterocycles. The van der Waals surface area contributed by atoms with Gasteiger partial charge in [0, 0.05) is 37.3 Å². The largest absolute Gasteiger partial charge is 0.497 e. The molecule has 0 aliphatic heterocycles. The third-order valence-corrected chi connectivity index (χ3v) is 4.10. The minimum Gasteiger partial charge on any atom is -0.497 e. The number of halogens is 2. The zero-order chi connectivity index (χ0) is 19.5. The molecular weight excluding hydrogens is 491 g/mol. The second kappa shape index (κ2) is 13.2. The van der Waals surface area contributed by atoms with Crippen LogP contribution in [0.2, 0.25) is 5.02 Å². The van der Waals surface area contributed by atoms with Crippen LogP contribution in [0.3, 0.4) is 0 Å². The number of nitrogens with zero attached hydrogens (tertiary/aromatic N) is 1. The number of benzene rings is 2. The van der Waals surface area contributed by atoms with Crippen LogP contribution in [0.4, 0.5) is 5.69 Å². The first-order valence-electron chi connectivity index (χ1n) is 8.73. The zero-order valence-electron chi connectivity index (χ0n) is 16.0. The van der Waals surface area contributed by atoms with Gasteiger partial charge in [-0.05, 0) is 48.4 Å². The molecule has 0 aliphatic carbocycles. The summed E-state index contributed by atoms with van der Waals surface area (Å²) in [7, 11) is 3.37. The molecule has 2 aromatic carbocycles. The summed E-state index contributed by atoms with van der Waals surface area (Å²) in [6.45, 7) is 1.30. The Kier molecular flexibility index (Phi) is 11.4. The maximum Gasteiger partial charge on any atom is 0.224 e. The van der Waals surface area contributed by atoms with Crippen LogP contribution in [0, 0.1) is 0 Å². The van der Waals surface area contributed by atoms with Crippen molar-refractivity contribution in [1.29, 1.82) is 0 Å². The molecule has 8 heteroatoms. The average Bonchev–Trinajstić information content (AvgIpc) is 2.69. The minimum absolute atomic E-state index is 0. The second-order valence-electron chi connectivity index (χ2n) is 5.86. The summed E-state index contributed by atoms with van der Waals surface area (Å²) in [5.41, 5.74) is 1.87. The third kappa shape index (κ3) is 8.79. The van der Waals surface area contributed by atoms with E-state index in [9.17, 15) is 4.79 Å². The number of methoxy groups -OCH3 is 1. The number of rotatable bonds is 8. The van der Waals surface area contributed by atoms with Gasteiger partial charge >= 0.3 is 0 Å². The topological polar surface area (TPSA) is 74.8 Å². The van der Waals surface area contributed by atoms with Gasteiger partial charge in [-0.3, -0.25) is 9.79 Å². The molecule has 28 heavy (non-hydrogen) atoms. The summed E-state index contributed by atoms with van der Waals surface area (Å²) >= 11 is 5.83. The van der Waals surface area contributed by atoms with Crippen LogP contribution < -0.4 is 20.7 Å². The zero-order valence-corrected chi connectivity index (χ0v) is 19.1. The van der Waals surface area contributed by atoms with Crippen LogP contribution >= 0.6 is 35.6 Å². The van der Waals surface area contributed by atoms with Crippen molar-refractivity contribution < 1.29 is 9.53 Å². The van der Waals surface area contributed by atoms with E-state index >= 15 is 0 Å². The van der Waals surface area contributed by atoms with E-state index in [1.807, 2.05) is 24.3 Å². The van der Waals surface area contributed by atoms with Gasteiger partial charge in [-0.15, -0.1) is 24.0 Å². The van der Waals surface area contributed by atoms with E-state index in [1.165, 1.54) is 0 Å². The van der Waals surface area contributed by atoms with Crippen LogP contribution in [-0.4, -0.2) is 32.6 Å². The van der Waals surface area contributed by atoms with E-state index in [0.717, 1.165) is 17.0 Å². The van der Waals surface area contributed by atoms with Gasteiger partial charge in [-0.1, -0.05) is 23.7 Å². The normalized spacial score (nSPS) is 10.6. The minimum atomic E-state index is -0.0275. The van der Waals surface area contributed by atoms with Crippen molar-refractivity contribution in [2.45, 2.75) is 19.4 Å². The monoisotopic (exact) mass is 516 g/mol. The predicted molar refractivity (Wildman–Crippen MR) is 126 cm³/mol. The first kappa shape index (κ1) is 24.0. The maximum atomic E-state index is 11.9. The smallest absolute Gasteiger partial charge is 0.224 e. The van der Waals surface area contributed by atoms with Crippen molar-refractivity contribution in [3.63, 3.8) is 0 Å². The van der Waals surface area contributed by atoms with Gasteiger partial charge in [0.05, 0.1) is 7.11 Å². The molecule has 0 saturated carbocycles. The van der Waals surface area contributed by atoms with Gasteiger partial charge in [0.25, 0.3) is 0 Å².